The highest BCUT2D eigenvalue weighted by Crippen LogP contribution is 2.43. The normalized spacial score (nSPS) is 29.6. The van der Waals surface area contributed by atoms with Crippen molar-refractivity contribution < 1.29 is 4.79 Å². The molecule has 1 spiro atoms. The Bertz CT molecular complexity index is 671. The molecule has 0 unspecified atom stereocenters. The first-order chi connectivity index (χ1) is 11.8. The molecule has 24 heavy (non-hydrogen) atoms. The molecule has 4 aliphatic rings. The van der Waals surface area contributed by atoms with E-state index in [1.54, 1.807) is 6.33 Å². The number of anilines is 1. The molecule has 2 saturated heterocycles. The summed E-state index contributed by atoms with van der Waals surface area (Å²) in [5.41, 5.74) is 2.42. The number of piperidine rings is 1. The minimum absolute atomic E-state index is 0.149. The Hall–Kier alpha value is -1.65. The molecule has 5 heteroatoms. The minimum atomic E-state index is -0.149. The molecule has 1 aromatic heterocycles. The molecule has 2 aliphatic heterocycles. The Labute approximate surface area is 143 Å². The molecule has 5 nitrogen and oxygen atoms in total. The molecule has 5 rings (SSSR count). The molecule has 0 N–H and O–H groups in total. The monoisotopic (exact) mass is 326 g/mol. The van der Waals surface area contributed by atoms with E-state index < -0.39 is 0 Å². The van der Waals surface area contributed by atoms with E-state index in [0.717, 1.165) is 70.0 Å². The van der Waals surface area contributed by atoms with Crippen LogP contribution in [0.4, 0.5) is 5.82 Å². The maximum absolute atomic E-state index is 13.2. The SMILES string of the molecule is O=C1N(CC2CC2)CCC[C@]12CCN(c1ncnc3c1CCC3)C2. The number of aryl methyl sites for hydroxylation is 1. The lowest BCUT2D eigenvalue weighted by molar-refractivity contribution is -0.145. The molecule has 0 radical (unpaired) electrons. The van der Waals surface area contributed by atoms with E-state index in [2.05, 4.69) is 19.8 Å². The van der Waals surface area contributed by atoms with Crippen LogP contribution in [-0.4, -0.2) is 47.0 Å². The predicted molar refractivity (Wildman–Crippen MR) is 91.9 cm³/mol. The fourth-order valence-corrected chi connectivity index (χ4v) is 4.99. The molecule has 1 saturated carbocycles. The number of rotatable bonds is 3. The summed E-state index contributed by atoms with van der Waals surface area (Å²) in [6.45, 7) is 3.80. The van der Waals surface area contributed by atoms with E-state index in [1.165, 1.54) is 30.5 Å². The quantitative estimate of drug-likeness (QED) is 0.854. The minimum Gasteiger partial charge on any atom is -0.355 e. The van der Waals surface area contributed by atoms with Crippen molar-refractivity contribution in [3.63, 3.8) is 0 Å². The Kier molecular flexibility index (Phi) is 3.32. The van der Waals surface area contributed by atoms with Gasteiger partial charge in [-0.3, -0.25) is 4.79 Å². The Morgan fingerprint density at radius 3 is 2.92 bits per heavy atom. The molecule has 3 heterocycles. The van der Waals surface area contributed by atoms with E-state index >= 15 is 0 Å². The Morgan fingerprint density at radius 1 is 1.12 bits per heavy atom. The van der Waals surface area contributed by atoms with Crippen LogP contribution in [0.15, 0.2) is 6.33 Å². The summed E-state index contributed by atoms with van der Waals surface area (Å²) < 4.78 is 0. The number of aromatic nitrogens is 2. The number of fused-ring (bicyclic) bond motifs is 1. The second-order valence-electron chi connectivity index (χ2n) is 8.23. The van der Waals surface area contributed by atoms with Gasteiger partial charge in [0.15, 0.2) is 0 Å². The Morgan fingerprint density at radius 2 is 2.04 bits per heavy atom. The average molecular weight is 326 g/mol. The number of hydrogen-bond acceptors (Lipinski definition) is 4. The Balaban J connectivity index is 1.38. The summed E-state index contributed by atoms with van der Waals surface area (Å²) in [7, 11) is 0. The number of hydrogen-bond donors (Lipinski definition) is 0. The van der Waals surface area contributed by atoms with Gasteiger partial charge in [-0.05, 0) is 57.3 Å². The fraction of sp³-hybridized carbons (Fsp3) is 0.737. The van der Waals surface area contributed by atoms with Gasteiger partial charge in [-0.25, -0.2) is 9.97 Å². The first-order valence-electron chi connectivity index (χ1n) is 9.62. The third-order valence-corrected chi connectivity index (χ3v) is 6.51. The van der Waals surface area contributed by atoms with Gasteiger partial charge in [-0.1, -0.05) is 0 Å². The van der Waals surface area contributed by atoms with Crippen LogP contribution in [0.25, 0.3) is 0 Å². The van der Waals surface area contributed by atoms with Crippen LogP contribution in [0, 0.1) is 11.3 Å². The standard InChI is InChI=1S/C19H26N4O/c24-18-19(7-2-9-22(18)11-14-5-6-14)8-10-23(12-19)17-15-3-1-4-16(15)20-13-21-17/h13-14H,1-12H2/t19-/m1/s1. The number of amides is 1. The molecule has 1 atom stereocenters. The van der Waals surface area contributed by atoms with E-state index in [9.17, 15) is 4.79 Å². The molecule has 0 bridgehead atoms. The van der Waals surface area contributed by atoms with E-state index in [0.29, 0.717) is 5.91 Å². The van der Waals surface area contributed by atoms with Gasteiger partial charge in [-0.15, -0.1) is 0 Å². The van der Waals surface area contributed by atoms with Crippen molar-refractivity contribution in [3.8, 4) is 0 Å². The largest absolute Gasteiger partial charge is 0.355 e. The van der Waals surface area contributed by atoms with Crippen molar-refractivity contribution >= 4 is 11.7 Å². The van der Waals surface area contributed by atoms with Gasteiger partial charge in [0, 0.05) is 37.4 Å². The molecular weight excluding hydrogens is 300 g/mol. The van der Waals surface area contributed by atoms with Crippen LogP contribution in [0.3, 0.4) is 0 Å². The third kappa shape index (κ3) is 2.32. The summed E-state index contributed by atoms with van der Waals surface area (Å²) in [6.07, 6.45) is 10.9. The van der Waals surface area contributed by atoms with E-state index in [1.807, 2.05) is 0 Å². The van der Waals surface area contributed by atoms with Crippen LogP contribution < -0.4 is 4.90 Å². The lowest BCUT2D eigenvalue weighted by atomic mass is 9.78. The fourth-order valence-electron chi connectivity index (χ4n) is 4.99. The maximum atomic E-state index is 13.2. The van der Waals surface area contributed by atoms with Crippen LogP contribution in [-0.2, 0) is 17.6 Å². The molecule has 2 aliphatic carbocycles. The molecular formula is C19H26N4O. The number of nitrogens with zero attached hydrogens (tertiary/aromatic N) is 4. The summed E-state index contributed by atoms with van der Waals surface area (Å²) in [5, 5.41) is 0. The van der Waals surface area contributed by atoms with Gasteiger partial charge in [0.05, 0.1) is 5.41 Å². The first-order valence-corrected chi connectivity index (χ1v) is 9.62. The molecule has 0 aromatic carbocycles. The highest BCUT2D eigenvalue weighted by Gasteiger charge is 2.49. The van der Waals surface area contributed by atoms with Gasteiger partial charge < -0.3 is 9.80 Å². The summed E-state index contributed by atoms with van der Waals surface area (Å²) >= 11 is 0. The van der Waals surface area contributed by atoms with Crippen molar-refractivity contribution in [1.82, 2.24) is 14.9 Å². The lowest BCUT2D eigenvalue weighted by Gasteiger charge is -2.39. The van der Waals surface area contributed by atoms with E-state index in [4.69, 9.17) is 0 Å². The zero-order valence-corrected chi connectivity index (χ0v) is 14.3. The summed E-state index contributed by atoms with van der Waals surface area (Å²) in [5.74, 6) is 2.32. The van der Waals surface area contributed by atoms with Crippen molar-refractivity contribution in [3.05, 3.63) is 17.6 Å². The molecule has 1 aromatic rings. The van der Waals surface area contributed by atoms with Crippen molar-refractivity contribution in [2.75, 3.05) is 31.1 Å². The van der Waals surface area contributed by atoms with Gasteiger partial charge in [0.25, 0.3) is 0 Å². The van der Waals surface area contributed by atoms with Gasteiger partial charge in [-0.2, -0.15) is 0 Å². The predicted octanol–water partition coefficient (Wildman–Crippen LogP) is 2.19. The second kappa shape index (κ2) is 5.43. The van der Waals surface area contributed by atoms with Crippen LogP contribution in [0.2, 0.25) is 0 Å². The summed E-state index contributed by atoms with van der Waals surface area (Å²) in [4.78, 5) is 26.8. The zero-order valence-electron chi connectivity index (χ0n) is 14.3. The van der Waals surface area contributed by atoms with Gasteiger partial charge >= 0.3 is 0 Å². The maximum Gasteiger partial charge on any atom is 0.230 e. The third-order valence-electron chi connectivity index (χ3n) is 6.51. The topological polar surface area (TPSA) is 49.3 Å². The van der Waals surface area contributed by atoms with Gasteiger partial charge in [0.1, 0.15) is 12.1 Å². The van der Waals surface area contributed by atoms with E-state index in [-0.39, 0.29) is 5.41 Å². The van der Waals surface area contributed by atoms with Crippen molar-refractivity contribution in [2.24, 2.45) is 11.3 Å². The zero-order chi connectivity index (χ0) is 16.1. The van der Waals surface area contributed by atoms with Crippen LogP contribution in [0.5, 0.6) is 0 Å². The first kappa shape index (κ1) is 14.7. The van der Waals surface area contributed by atoms with Crippen molar-refractivity contribution in [2.45, 2.75) is 51.4 Å². The molecule has 3 fully saturated rings. The smallest absolute Gasteiger partial charge is 0.230 e. The highest BCUT2D eigenvalue weighted by atomic mass is 16.2. The summed E-state index contributed by atoms with van der Waals surface area (Å²) in [6, 6.07) is 0. The number of carbonyl (C=O) groups excluding carboxylic acids is 1. The number of likely N-dealkylation sites (tertiary alicyclic amines) is 1. The average Bonchev–Trinajstić information content (AvgIpc) is 3.11. The molecule has 1 amide bonds. The number of carbonyl (C=O) groups is 1. The molecule has 128 valence electrons. The van der Waals surface area contributed by atoms with Crippen LogP contribution in [0.1, 0.15) is 49.8 Å². The van der Waals surface area contributed by atoms with Crippen LogP contribution >= 0.6 is 0 Å². The second-order valence-corrected chi connectivity index (χ2v) is 8.23. The lowest BCUT2D eigenvalue weighted by Crippen LogP contribution is -2.50. The highest BCUT2D eigenvalue weighted by molar-refractivity contribution is 5.85. The van der Waals surface area contributed by atoms with Crippen molar-refractivity contribution in [1.29, 1.82) is 0 Å². The van der Waals surface area contributed by atoms with Gasteiger partial charge in [0.2, 0.25) is 5.91 Å².